The molecule has 0 radical (unpaired) electrons. The lowest BCUT2D eigenvalue weighted by molar-refractivity contribution is 0.0697. The minimum atomic E-state index is -0.0682. The summed E-state index contributed by atoms with van der Waals surface area (Å²) in [4.78, 5) is 26.4. The molecule has 1 fully saturated rings. The molecule has 0 unspecified atom stereocenters. The molecule has 0 spiro atoms. The van der Waals surface area contributed by atoms with Crippen LogP contribution in [0.5, 0.6) is 0 Å². The van der Waals surface area contributed by atoms with Gasteiger partial charge in [-0.15, -0.1) is 0 Å². The van der Waals surface area contributed by atoms with Gasteiger partial charge in [0.25, 0.3) is 5.91 Å². The maximum absolute atomic E-state index is 12.6. The van der Waals surface area contributed by atoms with E-state index in [1.807, 2.05) is 23.1 Å². The van der Waals surface area contributed by atoms with Gasteiger partial charge in [-0.05, 0) is 37.0 Å². The molecule has 5 heteroatoms. The zero-order chi connectivity index (χ0) is 15.1. The molecule has 2 aromatic rings. The number of carbonyl (C=O) groups excluding carboxylic acids is 1. The molecule has 0 N–H and O–H groups in total. The Bertz CT molecular complexity index is 749. The van der Waals surface area contributed by atoms with E-state index in [1.165, 1.54) is 0 Å². The average Bonchev–Trinajstić information content (AvgIpc) is 2.72. The lowest BCUT2D eigenvalue weighted by atomic mass is 9.98. The number of aryl methyl sites for hydroxylation is 2. The zero-order valence-electron chi connectivity index (χ0n) is 12.8. The number of carbonyl (C=O) groups is 1. The number of aromatic nitrogens is 2. The van der Waals surface area contributed by atoms with E-state index in [0.717, 1.165) is 37.0 Å². The molecule has 0 bridgehead atoms. The second kappa shape index (κ2) is 5.06. The molecule has 3 rings (SSSR count). The molecule has 0 aliphatic carbocycles. The van der Waals surface area contributed by atoms with Crippen molar-refractivity contribution in [3.63, 3.8) is 0 Å². The molecule has 1 aliphatic rings. The van der Waals surface area contributed by atoms with Gasteiger partial charge in [0.15, 0.2) is 0 Å². The van der Waals surface area contributed by atoms with Crippen molar-refractivity contribution in [2.24, 2.45) is 20.0 Å². The highest BCUT2D eigenvalue weighted by Gasteiger charge is 2.22. The maximum atomic E-state index is 12.6. The molecular formula is C16H21N3O2. The Morgan fingerprint density at radius 1 is 1.10 bits per heavy atom. The van der Waals surface area contributed by atoms with Crippen LogP contribution in [0.2, 0.25) is 0 Å². The highest BCUT2D eigenvalue weighted by Crippen LogP contribution is 2.20. The summed E-state index contributed by atoms with van der Waals surface area (Å²) >= 11 is 0. The summed E-state index contributed by atoms with van der Waals surface area (Å²) in [6, 6.07) is 5.51. The number of rotatable bonds is 1. The third-order valence-electron chi connectivity index (χ3n) is 4.59. The van der Waals surface area contributed by atoms with E-state index in [4.69, 9.17) is 0 Å². The van der Waals surface area contributed by atoms with Crippen molar-refractivity contribution in [2.75, 3.05) is 13.1 Å². The summed E-state index contributed by atoms with van der Waals surface area (Å²) in [6.45, 7) is 3.88. The number of fused-ring (bicyclic) bond motifs is 1. The van der Waals surface area contributed by atoms with Crippen molar-refractivity contribution in [1.29, 1.82) is 0 Å². The standard InChI is InChI=1S/C16H21N3O2/c1-11-6-8-19(9-7-11)15(20)12-4-5-13-14(10-12)18(3)16(21)17(13)2/h4-5,10-11H,6-9H2,1-3H3. The second-order valence-corrected chi connectivity index (χ2v) is 6.08. The number of hydrogen-bond acceptors (Lipinski definition) is 2. The first-order valence-corrected chi connectivity index (χ1v) is 7.44. The quantitative estimate of drug-likeness (QED) is 0.802. The fourth-order valence-electron chi connectivity index (χ4n) is 3.03. The monoisotopic (exact) mass is 287 g/mol. The molecular weight excluding hydrogens is 266 g/mol. The van der Waals surface area contributed by atoms with Gasteiger partial charge in [-0.25, -0.2) is 4.79 Å². The second-order valence-electron chi connectivity index (χ2n) is 6.08. The largest absolute Gasteiger partial charge is 0.339 e. The Balaban J connectivity index is 1.96. The molecule has 1 amide bonds. The summed E-state index contributed by atoms with van der Waals surface area (Å²) in [6.07, 6.45) is 2.13. The Morgan fingerprint density at radius 2 is 1.71 bits per heavy atom. The molecule has 5 nitrogen and oxygen atoms in total. The summed E-state index contributed by atoms with van der Waals surface area (Å²) in [7, 11) is 3.49. The Hall–Kier alpha value is -2.04. The van der Waals surface area contributed by atoms with Crippen LogP contribution in [0, 0.1) is 5.92 Å². The lowest BCUT2D eigenvalue weighted by Crippen LogP contribution is -2.37. The molecule has 1 aliphatic heterocycles. The first-order chi connectivity index (χ1) is 9.99. The molecule has 0 saturated carbocycles. The Morgan fingerprint density at radius 3 is 2.38 bits per heavy atom. The van der Waals surface area contributed by atoms with Gasteiger partial charge in [-0.1, -0.05) is 6.92 Å². The van der Waals surface area contributed by atoms with Crippen LogP contribution >= 0.6 is 0 Å². The van der Waals surface area contributed by atoms with Crippen molar-refractivity contribution < 1.29 is 4.79 Å². The van der Waals surface area contributed by atoms with Crippen LogP contribution in [0.1, 0.15) is 30.1 Å². The SMILES string of the molecule is CC1CCN(C(=O)c2ccc3c(c2)n(C)c(=O)n3C)CC1. The molecule has 0 atom stereocenters. The number of hydrogen-bond donors (Lipinski definition) is 0. The topological polar surface area (TPSA) is 47.2 Å². The van der Waals surface area contributed by atoms with Gasteiger partial charge < -0.3 is 4.90 Å². The molecule has 112 valence electrons. The van der Waals surface area contributed by atoms with E-state index in [9.17, 15) is 9.59 Å². The minimum Gasteiger partial charge on any atom is -0.339 e. The lowest BCUT2D eigenvalue weighted by Gasteiger charge is -2.30. The minimum absolute atomic E-state index is 0.0682. The van der Waals surface area contributed by atoms with Crippen LogP contribution in [0.4, 0.5) is 0 Å². The highest BCUT2D eigenvalue weighted by atomic mass is 16.2. The third kappa shape index (κ3) is 2.26. The zero-order valence-corrected chi connectivity index (χ0v) is 12.8. The Kier molecular flexibility index (Phi) is 3.35. The maximum Gasteiger partial charge on any atom is 0.328 e. The van der Waals surface area contributed by atoms with Crippen molar-refractivity contribution in [3.8, 4) is 0 Å². The fourth-order valence-corrected chi connectivity index (χ4v) is 3.03. The average molecular weight is 287 g/mol. The first-order valence-electron chi connectivity index (χ1n) is 7.44. The smallest absolute Gasteiger partial charge is 0.328 e. The number of nitrogens with zero attached hydrogens (tertiary/aromatic N) is 3. The summed E-state index contributed by atoms with van der Waals surface area (Å²) in [5.74, 6) is 0.770. The van der Waals surface area contributed by atoms with E-state index in [1.54, 1.807) is 23.2 Å². The van der Waals surface area contributed by atoms with E-state index in [2.05, 4.69) is 6.92 Å². The fraction of sp³-hybridized carbons (Fsp3) is 0.500. The molecule has 21 heavy (non-hydrogen) atoms. The van der Waals surface area contributed by atoms with Gasteiger partial charge in [-0.3, -0.25) is 13.9 Å². The molecule has 2 heterocycles. The van der Waals surface area contributed by atoms with Crippen LogP contribution in [0.3, 0.4) is 0 Å². The van der Waals surface area contributed by atoms with Gasteiger partial charge in [-0.2, -0.15) is 0 Å². The van der Waals surface area contributed by atoms with Crippen molar-refractivity contribution in [2.45, 2.75) is 19.8 Å². The summed E-state index contributed by atoms with van der Waals surface area (Å²) in [5.41, 5.74) is 2.25. The van der Waals surface area contributed by atoms with Crippen LogP contribution in [0.15, 0.2) is 23.0 Å². The van der Waals surface area contributed by atoms with E-state index < -0.39 is 0 Å². The van der Waals surface area contributed by atoms with Crippen LogP contribution < -0.4 is 5.69 Å². The number of piperidine rings is 1. The Labute approximate surface area is 123 Å². The molecule has 1 aromatic carbocycles. The normalized spacial score (nSPS) is 16.6. The number of likely N-dealkylation sites (tertiary alicyclic amines) is 1. The van der Waals surface area contributed by atoms with Gasteiger partial charge >= 0.3 is 5.69 Å². The molecule has 1 saturated heterocycles. The predicted octanol–water partition coefficient (Wildman–Crippen LogP) is 1.75. The van der Waals surface area contributed by atoms with Gasteiger partial charge in [0, 0.05) is 32.7 Å². The van der Waals surface area contributed by atoms with Crippen molar-refractivity contribution in [3.05, 3.63) is 34.2 Å². The van der Waals surface area contributed by atoms with Crippen LogP contribution in [0.25, 0.3) is 11.0 Å². The predicted molar refractivity (Wildman–Crippen MR) is 82.5 cm³/mol. The van der Waals surface area contributed by atoms with Crippen LogP contribution in [-0.4, -0.2) is 33.0 Å². The number of imidazole rings is 1. The van der Waals surface area contributed by atoms with E-state index in [0.29, 0.717) is 11.5 Å². The van der Waals surface area contributed by atoms with Crippen LogP contribution in [-0.2, 0) is 14.1 Å². The van der Waals surface area contributed by atoms with Crippen molar-refractivity contribution >= 4 is 16.9 Å². The van der Waals surface area contributed by atoms with Gasteiger partial charge in [0.2, 0.25) is 0 Å². The van der Waals surface area contributed by atoms with Crippen molar-refractivity contribution in [1.82, 2.24) is 14.0 Å². The van der Waals surface area contributed by atoms with Gasteiger partial charge in [0.1, 0.15) is 0 Å². The third-order valence-corrected chi connectivity index (χ3v) is 4.59. The first kappa shape index (κ1) is 13.9. The number of benzene rings is 1. The summed E-state index contributed by atoms with van der Waals surface area (Å²) in [5, 5.41) is 0. The number of amides is 1. The van der Waals surface area contributed by atoms with E-state index in [-0.39, 0.29) is 11.6 Å². The van der Waals surface area contributed by atoms with E-state index >= 15 is 0 Å². The highest BCUT2D eigenvalue weighted by molar-refractivity contribution is 5.97. The van der Waals surface area contributed by atoms with Gasteiger partial charge in [0.05, 0.1) is 11.0 Å². The summed E-state index contributed by atoms with van der Waals surface area (Å²) < 4.78 is 3.19. The molecule has 1 aromatic heterocycles.